The molecule has 0 radical (unpaired) electrons. The summed E-state index contributed by atoms with van der Waals surface area (Å²) in [6, 6.07) is 27.5. The molecule has 0 saturated heterocycles. The van der Waals surface area contributed by atoms with Crippen LogP contribution in [-0.4, -0.2) is 28.3 Å². The Balaban J connectivity index is 1.61. The van der Waals surface area contributed by atoms with E-state index in [1.54, 1.807) is 31.2 Å². The van der Waals surface area contributed by atoms with Crippen LogP contribution in [0.2, 0.25) is 0 Å². The normalized spacial score (nSPS) is 16.0. The molecule has 7 rings (SSSR count). The van der Waals surface area contributed by atoms with Crippen LogP contribution in [0.5, 0.6) is 0 Å². The molecule has 6 nitrogen and oxygen atoms in total. The number of esters is 1. The number of fused-ring (bicyclic) bond motifs is 5. The van der Waals surface area contributed by atoms with Gasteiger partial charge >= 0.3 is 12.1 Å². The first-order valence-electron chi connectivity index (χ1n) is 15.8. The lowest BCUT2D eigenvalue weighted by molar-refractivity contribution is -0.137. The summed E-state index contributed by atoms with van der Waals surface area (Å²) in [7, 11) is 0. The molecule has 5 aromatic carbocycles. The van der Waals surface area contributed by atoms with Gasteiger partial charge in [0.2, 0.25) is 5.82 Å². The van der Waals surface area contributed by atoms with E-state index in [-0.39, 0.29) is 30.2 Å². The second kappa shape index (κ2) is 12.3. The van der Waals surface area contributed by atoms with Crippen molar-refractivity contribution in [1.29, 1.82) is 5.26 Å². The maximum atomic E-state index is 14.2. The van der Waals surface area contributed by atoms with Crippen molar-refractivity contribution in [1.82, 2.24) is 9.97 Å². The van der Waals surface area contributed by atoms with Gasteiger partial charge in [0.05, 0.1) is 35.4 Å². The van der Waals surface area contributed by atoms with Crippen LogP contribution in [0, 0.1) is 18.3 Å². The van der Waals surface area contributed by atoms with E-state index in [0.717, 1.165) is 50.4 Å². The van der Waals surface area contributed by atoms with E-state index in [1.807, 2.05) is 55.5 Å². The van der Waals surface area contributed by atoms with Gasteiger partial charge < -0.3 is 4.74 Å². The number of halogens is 3. The van der Waals surface area contributed by atoms with Crippen LogP contribution in [0.25, 0.3) is 32.8 Å². The maximum Gasteiger partial charge on any atom is 0.416 e. The van der Waals surface area contributed by atoms with Crippen molar-refractivity contribution in [3.05, 3.63) is 142 Å². The number of carbonyl (C=O) groups is 2. The van der Waals surface area contributed by atoms with Crippen LogP contribution in [0.1, 0.15) is 74.7 Å². The average Bonchev–Trinajstić information content (AvgIpc) is 3.11. The third-order valence-corrected chi connectivity index (χ3v) is 9.27. The van der Waals surface area contributed by atoms with Crippen molar-refractivity contribution < 1.29 is 27.5 Å². The molecule has 0 N–H and O–H groups in total. The highest BCUT2D eigenvalue weighted by Crippen LogP contribution is 2.51. The molecule has 1 aliphatic carbocycles. The molecule has 9 heteroatoms. The van der Waals surface area contributed by atoms with Gasteiger partial charge in [0, 0.05) is 24.1 Å². The summed E-state index contributed by atoms with van der Waals surface area (Å²) >= 11 is 0. The van der Waals surface area contributed by atoms with Crippen LogP contribution in [0.4, 0.5) is 13.2 Å². The quantitative estimate of drug-likeness (QED) is 0.136. The predicted octanol–water partition coefficient (Wildman–Crippen LogP) is 9.06. The molecule has 1 heterocycles. The number of nitriles is 1. The molecular weight excluding hydrogens is 627 g/mol. The Hall–Kier alpha value is -5.88. The van der Waals surface area contributed by atoms with Gasteiger partial charge in [0.25, 0.3) is 0 Å². The topological polar surface area (TPSA) is 92.9 Å². The fourth-order valence-corrected chi connectivity index (χ4v) is 7.16. The van der Waals surface area contributed by atoms with E-state index in [0.29, 0.717) is 22.4 Å². The second-order valence-corrected chi connectivity index (χ2v) is 12.0. The summed E-state index contributed by atoms with van der Waals surface area (Å²) in [6.45, 7) is 3.81. The molecule has 0 bridgehead atoms. The van der Waals surface area contributed by atoms with Crippen LogP contribution >= 0.6 is 0 Å². The highest BCUT2D eigenvalue weighted by molar-refractivity contribution is 6.18. The number of Topliss-reactive ketones (excluding diaryl/α,β-unsaturated/α-hetero) is 1. The van der Waals surface area contributed by atoms with E-state index in [9.17, 15) is 28.0 Å². The lowest BCUT2D eigenvalue weighted by Crippen LogP contribution is -2.26. The summed E-state index contributed by atoms with van der Waals surface area (Å²) in [6.07, 6.45) is -3.07. The number of alkyl halides is 3. The summed E-state index contributed by atoms with van der Waals surface area (Å²) in [4.78, 5) is 35.8. The minimum atomic E-state index is -4.59. The van der Waals surface area contributed by atoms with E-state index >= 15 is 0 Å². The Bertz CT molecular complexity index is 2340. The summed E-state index contributed by atoms with van der Waals surface area (Å²) in [5, 5.41) is 13.0. The number of hydrogen-bond acceptors (Lipinski definition) is 6. The van der Waals surface area contributed by atoms with Crippen molar-refractivity contribution in [2.45, 2.75) is 38.3 Å². The SMILES string of the molecule is CCOC(=O)c1nccc(-c2c(C)c3ccccc3c3ccc4c(c23)C(c2ccc(C#N)cc2)CC(=O)C4c2cccc(C(F)(F)F)c2)n1. The van der Waals surface area contributed by atoms with Gasteiger partial charge in [0.1, 0.15) is 5.78 Å². The molecule has 0 amide bonds. The third-order valence-electron chi connectivity index (χ3n) is 9.27. The molecule has 49 heavy (non-hydrogen) atoms. The van der Waals surface area contributed by atoms with E-state index < -0.39 is 29.5 Å². The zero-order chi connectivity index (χ0) is 34.4. The third kappa shape index (κ3) is 5.49. The monoisotopic (exact) mass is 655 g/mol. The molecule has 0 saturated carbocycles. The minimum absolute atomic E-state index is 0.0160. The van der Waals surface area contributed by atoms with Crippen molar-refractivity contribution in [3.63, 3.8) is 0 Å². The number of ether oxygens (including phenoxy) is 1. The number of aryl methyl sites for hydroxylation is 1. The standard InChI is InChI=1S/C40H28F3N3O3/c1-3-49-39(48)38-45-18-17-32(46-38)34-22(2)27-9-4-5-10-28(27)29-15-16-30-35(25-7-6-8-26(19-25)40(41,42)43)33(47)20-31(36(30)37(29)34)24-13-11-23(21-44)12-14-24/h4-19,31,35H,3,20H2,1-2H3. The fraction of sp³-hybridized carbons (Fsp3) is 0.175. The molecule has 2 unspecified atom stereocenters. The van der Waals surface area contributed by atoms with Crippen LogP contribution in [-0.2, 0) is 15.7 Å². The number of hydrogen-bond donors (Lipinski definition) is 0. The fourth-order valence-electron chi connectivity index (χ4n) is 7.16. The summed E-state index contributed by atoms with van der Waals surface area (Å²) < 4.78 is 46.9. The Morgan fingerprint density at radius 2 is 1.69 bits per heavy atom. The van der Waals surface area contributed by atoms with Crippen molar-refractivity contribution >= 4 is 33.3 Å². The summed E-state index contributed by atoms with van der Waals surface area (Å²) in [5.74, 6) is -2.44. The van der Waals surface area contributed by atoms with E-state index in [4.69, 9.17) is 4.74 Å². The average molecular weight is 656 g/mol. The first-order chi connectivity index (χ1) is 23.6. The van der Waals surface area contributed by atoms with E-state index in [1.165, 1.54) is 12.3 Å². The number of benzene rings is 5. The number of carbonyl (C=O) groups excluding carboxylic acids is 2. The van der Waals surface area contributed by atoms with Gasteiger partial charge in [0.15, 0.2) is 0 Å². The molecule has 0 fully saturated rings. The smallest absolute Gasteiger partial charge is 0.416 e. The molecule has 0 spiro atoms. The number of nitrogens with zero attached hydrogens (tertiary/aromatic N) is 3. The van der Waals surface area contributed by atoms with Gasteiger partial charge in [-0.05, 0) is 87.5 Å². The predicted molar refractivity (Wildman–Crippen MR) is 179 cm³/mol. The van der Waals surface area contributed by atoms with Crippen LogP contribution in [0.3, 0.4) is 0 Å². The molecule has 242 valence electrons. The molecular formula is C40H28F3N3O3. The summed E-state index contributed by atoms with van der Waals surface area (Å²) in [5.41, 5.74) is 4.10. The van der Waals surface area contributed by atoms with Crippen molar-refractivity contribution in [2.75, 3.05) is 6.61 Å². The minimum Gasteiger partial charge on any atom is -0.460 e. The lowest BCUT2D eigenvalue weighted by Gasteiger charge is -2.34. The van der Waals surface area contributed by atoms with Crippen molar-refractivity contribution in [2.24, 2.45) is 0 Å². The molecule has 2 atom stereocenters. The van der Waals surface area contributed by atoms with Gasteiger partial charge in [-0.2, -0.15) is 18.4 Å². The molecule has 1 aromatic heterocycles. The Morgan fingerprint density at radius 1 is 0.939 bits per heavy atom. The zero-order valence-corrected chi connectivity index (χ0v) is 26.5. The highest BCUT2D eigenvalue weighted by atomic mass is 19.4. The van der Waals surface area contributed by atoms with Gasteiger partial charge in [-0.3, -0.25) is 4.79 Å². The second-order valence-electron chi connectivity index (χ2n) is 12.0. The largest absolute Gasteiger partial charge is 0.460 e. The number of ketones is 1. The van der Waals surface area contributed by atoms with Gasteiger partial charge in [-0.15, -0.1) is 0 Å². The Labute approximate surface area is 279 Å². The Kier molecular flexibility index (Phi) is 7.95. The zero-order valence-electron chi connectivity index (χ0n) is 26.5. The van der Waals surface area contributed by atoms with Crippen LogP contribution in [0.15, 0.2) is 97.2 Å². The highest BCUT2D eigenvalue weighted by Gasteiger charge is 2.39. The lowest BCUT2D eigenvalue weighted by atomic mass is 9.68. The van der Waals surface area contributed by atoms with Crippen LogP contribution < -0.4 is 0 Å². The van der Waals surface area contributed by atoms with E-state index in [2.05, 4.69) is 16.0 Å². The van der Waals surface area contributed by atoms with Gasteiger partial charge in [-0.25, -0.2) is 14.8 Å². The maximum absolute atomic E-state index is 14.2. The first-order valence-corrected chi connectivity index (χ1v) is 15.8. The molecule has 1 aliphatic rings. The Morgan fingerprint density at radius 3 is 2.41 bits per heavy atom. The molecule has 0 aliphatic heterocycles. The number of aromatic nitrogens is 2. The number of rotatable bonds is 5. The van der Waals surface area contributed by atoms with Gasteiger partial charge in [-0.1, -0.05) is 66.7 Å². The molecule has 6 aromatic rings. The van der Waals surface area contributed by atoms with Crippen molar-refractivity contribution in [3.8, 4) is 17.3 Å². The first kappa shape index (κ1) is 31.7.